The van der Waals surface area contributed by atoms with E-state index < -0.39 is 5.97 Å². The van der Waals surface area contributed by atoms with E-state index in [1.54, 1.807) is 6.08 Å². The van der Waals surface area contributed by atoms with Crippen LogP contribution in [0, 0.1) is 0 Å². The molecule has 0 fully saturated rings. The van der Waals surface area contributed by atoms with E-state index in [-0.39, 0.29) is 4.88 Å². The Hall–Kier alpha value is -1.16. The van der Waals surface area contributed by atoms with Gasteiger partial charge in [0, 0.05) is 6.42 Å². The fraction of sp³-hybridized carbons (Fsp3) is 0.143. The molecule has 0 atom stereocenters. The van der Waals surface area contributed by atoms with Crippen LogP contribution in [0.25, 0.3) is 0 Å². The molecule has 1 aromatic rings. The van der Waals surface area contributed by atoms with Crippen LogP contribution in [-0.4, -0.2) is 16.1 Å². The maximum Gasteiger partial charge on any atom is 0.347 e. The minimum Gasteiger partial charge on any atom is -0.477 e. The van der Waals surface area contributed by atoms with Crippen molar-refractivity contribution in [3.8, 4) is 0 Å². The normalized spacial score (nSPS) is 9.45. The summed E-state index contributed by atoms with van der Waals surface area (Å²) in [7, 11) is 0. The molecule has 0 saturated carbocycles. The molecule has 4 heteroatoms. The quantitative estimate of drug-likeness (QED) is 0.699. The van der Waals surface area contributed by atoms with E-state index >= 15 is 0 Å². The Morgan fingerprint density at radius 2 is 2.64 bits per heavy atom. The Kier molecular flexibility index (Phi) is 2.38. The number of nitrogens with zero attached hydrogens (tertiary/aromatic N) is 1. The molecule has 58 valence electrons. The summed E-state index contributed by atoms with van der Waals surface area (Å²) in [4.78, 5) is 14.5. The van der Waals surface area contributed by atoms with Gasteiger partial charge in [-0.3, -0.25) is 0 Å². The lowest BCUT2D eigenvalue weighted by molar-refractivity contribution is 0.0702. The topological polar surface area (TPSA) is 50.2 Å². The van der Waals surface area contributed by atoms with Crippen molar-refractivity contribution in [1.29, 1.82) is 0 Å². The Labute approximate surface area is 68.0 Å². The van der Waals surface area contributed by atoms with Gasteiger partial charge in [-0.15, -0.1) is 17.9 Å². The summed E-state index contributed by atoms with van der Waals surface area (Å²) in [6, 6.07) is 0. The number of carboxylic acid groups (broad SMARTS) is 1. The van der Waals surface area contributed by atoms with Crippen LogP contribution in [0.5, 0.6) is 0 Å². The van der Waals surface area contributed by atoms with E-state index in [2.05, 4.69) is 11.6 Å². The summed E-state index contributed by atoms with van der Waals surface area (Å²) >= 11 is 1.18. The largest absolute Gasteiger partial charge is 0.477 e. The van der Waals surface area contributed by atoms with Crippen molar-refractivity contribution in [1.82, 2.24) is 4.98 Å². The van der Waals surface area contributed by atoms with Gasteiger partial charge in [-0.05, 0) is 0 Å². The Morgan fingerprint density at radius 3 is 3.09 bits per heavy atom. The molecule has 0 aromatic carbocycles. The second-order valence-electron chi connectivity index (χ2n) is 1.92. The summed E-state index contributed by atoms with van der Waals surface area (Å²) in [5.74, 6) is -0.919. The van der Waals surface area contributed by atoms with Gasteiger partial charge in [0.2, 0.25) is 0 Å². The van der Waals surface area contributed by atoms with Crippen LogP contribution in [0.3, 0.4) is 0 Å². The number of carboxylic acids is 1. The van der Waals surface area contributed by atoms with Gasteiger partial charge in [0.25, 0.3) is 0 Å². The van der Waals surface area contributed by atoms with Crippen molar-refractivity contribution in [3.05, 3.63) is 28.7 Å². The van der Waals surface area contributed by atoms with Gasteiger partial charge in [0.15, 0.2) is 0 Å². The maximum absolute atomic E-state index is 10.4. The van der Waals surface area contributed by atoms with Crippen LogP contribution >= 0.6 is 11.3 Å². The van der Waals surface area contributed by atoms with E-state index in [0.717, 1.165) is 5.01 Å². The Balaban J connectivity index is 2.81. The minimum absolute atomic E-state index is 0.279. The second-order valence-corrected chi connectivity index (χ2v) is 3.03. The average Bonchev–Trinajstić information content (AvgIpc) is 2.37. The molecule has 0 amide bonds. The zero-order valence-corrected chi connectivity index (χ0v) is 6.60. The van der Waals surface area contributed by atoms with E-state index in [1.807, 2.05) is 0 Å². The van der Waals surface area contributed by atoms with Crippen LogP contribution in [0.1, 0.15) is 14.7 Å². The maximum atomic E-state index is 10.4. The molecule has 0 radical (unpaired) electrons. The SMILES string of the molecule is C=CCc1ncc(C(=O)O)s1. The first kappa shape index (κ1) is 7.94. The molecule has 11 heavy (non-hydrogen) atoms. The monoisotopic (exact) mass is 169 g/mol. The highest BCUT2D eigenvalue weighted by Crippen LogP contribution is 2.12. The lowest BCUT2D eigenvalue weighted by atomic mass is 10.4. The van der Waals surface area contributed by atoms with Crippen molar-refractivity contribution in [2.45, 2.75) is 6.42 Å². The van der Waals surface area contributed by atoms with E-state index in [9.17, 15) is 4.79 Å². The van der Waals surface area contributed by atoms with Crippen LogP contribution in [0.2, 0.25) is 0 Å². The summed E-state index contributed by atoms with van der Waals surface area (Å²) in [6.45, 7) is 3.53. The molecule has 0 aliphatic carbocycles. The highest BCUT2D eigenvalue weighted by atomic mass is 32.1. The average molecular weight is 169 g/mol. The number of thiazole rings is 1. The molecule has 0 aliphatic heterocycles. The molecular formula is C7H7NO2S. The van der Waals surface area contributed by atoms with Crippen molar-refractivity contribution < 1.29 is 9.90 Å². The van der Waals surface area contributed by atoms with Gasteiger partial charge < -0.3 is 5.11 Å². The number of aromatic nitrogens is 1. The molecule has 1 aromatic heterocycles. The number of hydrogen-bond donors (Lipinski definition) is 1. The van der Waals surface area contributed by atoms with Crippen LogP contribution < -0.4 is 0 Å². The smallest absolute Gasteiger partial charge is 0.347 e. The lowest BCUT2D eigenvalue weighted by Gasteiger charge is -1.82. The fourth-order valence-corrected chi connectivity index (χ4v) is 1.38. The summed E-state index contributed by atoms with van der Waals surface area (Å²) in [5, 5.41) is 9.30. The fourth-order valence-electron chi connectivity index (χ4n) is 0.627. The first-order chi connectivity index (χ1) is 5.24. The first-order valence-corrected chi connectivity index (χ1v) is 3.84. The number of aromatic carboxylic acids is 1. The predicted octanol–water partition coefficient (Wildman–Crippen LogP) is 1.57. The first-order valence-electron chi connectivity index (χ1n) is 3.03. The molecule has 0 unspecified atom stereocenters. The van der Waals surface area contributed by atoms with E-state index in [4.69, 9.17) is 5.11 Å². The lowest BCUT2D eigenvalue weighted by Crippen LogP contribution is -1.89. The van der Waals surface area contributed by atoms with Crippen LogP contribution in [-0.2, 0) is 6.42 Å². The zero-order valence-electron chi connectivity index (χ0n) is 5.78. The summed E-state index contributed by atoms with van der Waals surface area (Å²) < 4.78 is 0. The van der Waals surface area contributed by atoms with Crippen molar-refractivity contribution in [2.75, 3.05) is 0 Å². The molecule has 1 N–H and O–H groups in total. The van der Waals surface area contributed by atoms with Gasteiger partial charge >= 0.3 is 5.97 Å². The van der Waals surface area contributed by atoms with Gasteiger partial charge in [0.1, 0.15) is 4.88 Å². The molecule has 1 rings (SSSR count). The Bertz CT molecular complexity index is 280. The molecule has 0 saturated heterocycles. The van der Waals surface area contributed by atoms with E-state index in [1.165, 1.54) is 17.5 Å². The summed E-state index contributed by atoms with van der Waals surface area (Å²) in [5.41, 5.74) is 0. The number of allylic oxidation sites excluding steroid dienone is 1. The van der Waals surface area contributed by atoms with Crippen molar-refractivity contribution in [2.24, 2.45) is 0 Å². The van der Waals surface area contributed by atoms with Gasteiger partial charge in [-0.25, -0.2) is 9.78 Å². The number of hydrogen-bond acceptors (Lipinski definition) is 3. The number of carbonyl (C=O) groups is 1. The minimum atomic E-state index is -0.919. The third-order valence-electron chi connectivity index (χ3n) is 1.08. The highest BCUT2D eigenvalue weighted by Gasteiger charge is 2.06. The summed E-state index contributed by atoms with van der Waals surface area (Å²) in [6.07, 6.45) is 3.70. The third kappa shape index (κ3) is 1.88. The molecular weight excluding hydrogens is 162 g/mol. The van der Waals surface area contributed by atoms with E-state index in [0.29, 0.717) is 6.42 Å². The molecule has 0 spiro atoms. The van der Waals surface area contributed by atoms with Crippen LogP contribution in [0.15, 0.2) is 18.9 Å². The second kappa shape index (κ2) is 3.30. The van der Waals surface area contributed by atoms with Crippen molar-refractivity contribution in [3.63, 3.8) is 0 Å². The zero-order chi connectivity index (χ0) is 8.27. The standard InChI is InChI=1S/C7H7NO2S/c1-2-3-6-8-4-5(11-6)7(9)10/h2,4H,1,3H2,(H,9,10). The highest BCUT2D eigenvalue weighted by molar-refractivity contribution is 7.13. The van der Waals surface area contributed by atoms with Gasteiger partial charge in [0.05, 0.1) is 11.2 Å². The third-order valence-corrected chi connectivity index (χ3v) is 2.09. The number of rotatable bonds is 3. The molecule has 0 aliphatic rings. The molecule has 1 heterocycles. The molecule has 3 nitrogen and oxygen atoms in total. The van der Waals surface area contributed by atoms with Crippen molar-refractivity contribution >= 4 is 17.3 Å². The Morgan fingerprint density at radius 1 is 1.91 bits per heavy atom. The molecule has 0 bridgehead atoms. The van der Waals surface area contributed by atoms with Gasteiger partial charge in [-0.2, -0.15) is 0 Å². The predicted molar refractivity (Wildman–Crippen MR) is 43.0 cm³/mol. The van der Waals surface area contributed by atoms with Gasteiger partial charge in [-0.1, -0.05) is 6.08 Å². The van der Waals surface area contributed by atoms with Crippen LogP contribution in [0.4, 0.5) is 0 Å².